The molecular weight excluding hydrogens is 320 g/mol. The first kappa shape index (κ1) is 16.7. The molecule has 0 saturated carbocycles. The summed E-state index contributed by atoms with van der Waals surface area (Å²) in [6.45, 7) is 4.51. The summed E-state index contributed by atoms with van der Waals surface area (Å²) in [5.41, 5.74) is 2.10. The molecule has 1 atom stereocenters. The fourth-order valence-electron chi connectivity index (χ4n) is 2.36. The number of carbonyl (C=O) groups is 1. The number of nitrogens with one attached hydrogen (secondary N) is 2. The van der Waals surface area contributed by atoms with Gasteiger partial charge in [-0.05, 0) is 12.5 Å². The molecule has 8 heteroatoms. The lowest BCUT2D eigenvalue weighted by Gasteiger charge is -2.12. The lowest BCUT2D eigenvalue weighted by atomic mass is 10.2. The van der Waals surface area contributed by atoms with E-state index in [1.807, 2.05) is 36.0 Å². The fraction of sp³-hybridized carbons (Fsp3) is 0.294. The van der Waals surface area contributed by atoms with Gasteiger partial charge in [0.2, 0.25) is 5.89 Å². The molecule has 25 heavy (non-hydrogen) atoms. The minimum Gasteiger partial charge on any atom is -0.340 e. The van der Waals surface area contributed by atoms with Crippen molar-refractivity contribution >= 4 is 6.03 Å². The van der Waals surface area contributed by atoms with Gasteiger partial charge in [0.25, 0.3) is 0 Å². The maximum Gasteiger partial charge on any atom is 0.315 e. The Morgan fingerprint density at radius 1 is 1.32 bits per heavy atom. The Bertz CT molecular complexity index is 827. The number of amides is 2. The summed E-state index contributed by atoms with van der Waals surface area (Å²) < 4.78 is 6.70. The van der Waals surface area contributed by atoms with Crippen LogP contribution in [0.4, 0.5) is 4.79 Å². The lowest BCUT2D eigenvalue weighted by Crippen LogP contribution is -2.36. The van der Waals surface area contributed by atoms with Crippen LogP contribution in [0.5, 0.6) is 0 Å². The van der Waals surface area contributed by atoms with E-state index < -0.39 is 0 Å². The Labute approximate surface area is 145 Å². The van der Waals surface area contributed by atoms with Gasteiger partial charge in [-0.15, -0.1) is 0 Å². The Kier molecular flexibility index (Phi) is 5.08. The molecule has 0 aliphatic heterocycles. The zero-order valence-corrected chi connectivity index (χ0v) is 14.1. The average Bonchev–Trinajstić information content (AvgIpc) is 3.23. The van der Waals surface area contributed by atoms with Crippen LogP contribution in [0.2, 0.25) is 0 Å². The second-order valence-electron chi connectivity index (χ2n) is 5.74. The van der Waals surface area contributed by atoms with Crippen molar-refractivity contribution < 1.29 is 9.32 Å². The number of rotatable bonds is 6. The van der Waals surface area contributed by atoms with Gasteiger partial charge in [-0.1, -0.05) is 35.5 Å². The van der Waals surface area contributed by atoms with Crippen molar-refractivity contribution in [3.8, 4) is 0 Å². The van der Waals surface area contributed by atoms with Crippen LogP contribution in [0.1, 0.15) is 35.8 Å². The molecule has 0 aliphatic rings. The Hall–Kier alpha value is -3.16. The maximum absolute atomic E-state index is 12.0. The number of nitrogens with zero attached hydrogens (tertiary/aromatic N) is 4. The summed E-state index contributed by atoms with van der Waals surface area (Å²) in [6.07, 6.45) is 3.69. The summed E-state index contributed by atoms with van der Waals surface area (Å²) in [5.74, 6) is 0.910. The molecule has 0 bridgehead atoms. The van der Waals surface area contributed by atoms with Crippen LogP contribution in [-0.4, -0.2) is 26.0 Å². The third kappa shape index (κ3) is 4.66. The fourth-order valence-corrected chi connectivity index (χ4v) is 2.36. The van der Waals surface area contributed by atoms with Gasteiger partial charge in [0.05, 0.1) is 25.3 Å². The highest BCUT2D eigenvalue weighted by atomic mass is 16.5. The third-order valence-electron chi connectivity index (χ3n) is 3.66. The SMILES string of the molecule is Cc1nc(CNC(=O)N[C@H](C)c2cnn(Cc3ccccc3)c2)no1. The number of aromatic nitrogens is 4. The van der Waals surface area contributed by atoms with Gasteiger partial charge in [-0.25, -0.2) is 4.79 Å². The third-order valence-corrected chi connectivity index (χ3v) is 3.66. The topological polar surface area (TPSA) is 97.9 Å². The van der Waals surface area contributed by atoms with Crippen LogP contribution in [0.3, 0.4) is 0 Å². The van der Waals surface area contributed by atoms with E-state index in [0.717, 1.165) is 5.56 Å². The van der Waals surface area contributed by atoms with Crippen LogP contribution in [0.15, 0.2) is 47.2 Å². The van der Waals surface area contributed by atoms with Crippen LogP contribution in [0, 0.1) is 6.92 Å². The van der Waals surface area contributed by atoms with Crippen molar-refractivity contribution in [3.63, 3.8) is 0 Å². The summed E-state index contributed by atoms with van der Waals surface area (Å²) in [7, 11) is 0. The molecule has 0 unspecified atom stereocenters. The molecule has 130 valence electrons. The van der Waals surface area contributed by atoms with Gasteiger partial charge in [-0.3, -0.25) is 4.68 Å². The van der Waals surface area contributed by atoms with Crippen molar-refractivity contribution in [1.29, 1.82) is 0 Å². The van der Waals surface area contributed by atoms with Gasteiger partial charge in [0.1, 0.15) is 0 Å². The first-order valence-electron chi connectivity index (χ1n) is 8.00. The normalized spacial score (nSPS) is 11.9. The van der Waals surface area contributed by atoms with Crippen LogP contribution in [-0.2, 0) is 13.1 Å². The summed E-state index contributed by atoms with van der Waals surface area (Å²) >= 11 is 0. The Balaban J connectivity index is 1.50. The quantitative estimate of drug-likeness (QED) is 0.717. The van der Waals surface area contributed by atoms with E-state index in [1.54, 1.807) is 13.1 Å². The smallest absolute Gasteiger partial charge is 0.315 e. The van der Waals surface area contributed by atoms with E-state index in [9.17, 15) is 4.79 Å². The zero-order chi connectivity index (χ0) is 17.6. The molecule has 3 aromatic rings. The van der Waals surface area contributed by atoms with Gasteiger partial charge in [0, 0.05) is 18.7 Å². The average molecular weight is 340 g/mol. The first-order chi connectivity index (χ1) is 12.1. The molecule has 0 saturated heterocycles. The summed E-state index contributed by atoms with van der Waals surface area (Å²) in [6, 6.07) is 9.62. The van der Waals surface area contributed by atoms with Gasteiger partial charge in [-0.2, -0.15) is 10.1 Å². The number of hydrogen-bond donors (Lipinski definition) is 2. The van der Waals surface area contributed by atoms with Gasteiger partial charge in [0.15, 0.2) is 5.82 Å². The van der Waals surface area contributed by atoms with Crippen molar-refractivity contribution in [2.45, 2.75) is 33.0 Å². The molecule has 0 spiro atoms. The minimum absolute atomic E-state index is 0.170. The second kappa shape index (κ2) is 7.61. The van der Waals surface area contributed by atoms with Crippen molar-refractivity contribution in [1.82, 2.24) is 30.6 Å². The summed E-state index contributed by atoms with van der Waals surface area (Å²) in [5, 5.41) is 13.6. The molecule has 8 nitrogen and oxygen atoms in total. The number of hydrogen-bond acceptors (Lipinski definition) is 5. The highest BCUT2D eigenvalue weighted by molar-refractivity contribution is 5.74. The molecule has 0 aliphatic carbocycles. The minimum atomic E-state index is -0.300. The van der Waals surface area contributed by atoms with Crippen LogP contribution >= 0.6 is 0 Å². The van der Waals surface area contributed by atoms with Crippen LogP contribution in [0.25, 0.3) is 0 Å². The predicted octanol–water partition coefficient (Wildman–Crippen LogP) is 2.18. The molecule has 2 heterocycles. The molecule has 2 aromatic heterocycles. The Morgan fingerprint density at radius 2 is 2.12 bits per heavy atom. The molecule has 3 rings (SSSR count). The number of aryl methyl sites for hydroxylation is 1. The standard InChI is InChI=1S/C17H20N6O2/c1-12(20-17(24)18-9-16-21-13(2)25-22-16)15-8-19-23(11-15)10-14-6-4-3-5-7-14/h3-8,11-12H,9-10H2,1-2H3,(H2,18,20,24)/t12-/m1/s1. The van der Waals surface area contributed by atoms with E-state index in [4.69, 9.17) is 4.52 Å². The largest absolute Gasteiger partial charge is 0.340 e. The van der Waals surface area contributed by atoms with E-state index in [-0.39, 0.29) is 18.6 Å². The Morgan fingerprint density at radius 3 is 2.84 bits per heavy atom. The number of benzene rings is 1. The predicted molar refractivity (Wildman–Crippen MR) is 90.6 cm³/mol. The van der Waals surface area contributed by atoms with E-state index >= 15 is 0 Å². The molecule has 2 amide bonds. The highest BCUT2D eigenvalue weighted by Gasteiger charge is 2.12. The molecule has 0 radical (unpaired) electrons. The zero-order valence-electron chi connectivity index (χ0n) is 14.1. The molecule has 1 aromatic carbocycles. The summed E-state index contributed by atoms with van der Waals surface area (Å²) in [4.78, 5) is 16.0. The van der Waals surface area contributed by atoms with Crippen molar-refractivity contribution in [3.05, 3.63) is 65.6 Å². The maximum atomic E-state index is 12.0. The van der Waals surface area contributed by atoms with E-state index in [0.29, 0.717) is 18.3 Å². The monoisotopic (exact) mass is 340 g/mol. The molecule has 2 N–H and O–H groups in total. The highest BCUT2D eigenvalue weighted by Crippen LogP contribution is 2.12. The van der Waals surface area contributed by atoms with Gasteiger partial charge >= 0.3 is 6.03 Å². The van der Waals surface area contributed by atoms with Crippen molar-refractivity contribution in [2.75, 3.05) is 0 Å². The number of carbonyl (C=O) groups excluding carboxylic acids is 1. The second-order valence-corrected chi connectivity index (χ2v) is 5.74. The number of urea groups is 1. The van der Waals surface area contributed by atoms with E-state index in [1.165, 1.54) is 5.56 Å². The lowest BCUT2D eigenvalue weighted by molar-refractivity contribution is 0.237. The molecule has 0 fully saturated rings. The van der Waals surface area contributed by atoms with Crippen molar-refractivity contribution in [2.24, 2.45) is 0 Å². The first-order valence-corrected chi connectivity index (χ1v) is 8.00. The van der Waals surface area contributed by atoms with E-state index in [2.05, 4.69) is 38.0 Å². The molecular formula is C17H20N6O2. The van der Waals surface area contributed by atoms with Gasteiger partial charge < -0.3 is 15.2 Å². The van der Waals surface area contributed by atoms with Crippen LogP contribution < -0.4 is 10.6 Å².